The molecule has 0 saturated carbocycles. The molecule has 0 atom stereocenters. The highest BCUT2D eigenvalue weighted by molar-refractivity contribution is 6.24. The normalized spacial score (nSPS) is 14.1. The van der Waals surface area contributed by atoms with Gasteiger partial charge in [0.15, 0.2) is 5.78 Å². The standard InChI is InChI=1S/C13H13NO/c1-4-9-8(2)10-6-5-7-11(14-3)12(10)13(9)15/h4-7,14H,1H2,2-3H3. The number of anilines is 1. The Morgan fingerprint density at radius 3 is 2.73 bits per heavy atom. The minimum absolute atomic E-state index is 0.0717. The zero-order chi connectivity index (χ0) is 11.0. The van der Waals surface area contributed by atoms with Crippen LogP contribution in [0.15, 0.2) is 36.4 Å². The Bertz CT molecular complexity index is 483. The first kappa shape index (κ1) is 9.71. The number of Topliss-reactive ketones (excluding diaryl/α,β-unsaturated/α-hetero) is 1. The van der Waals surface area contributed by atoms with Crippen molar-refractivity contribution in [2.75, 3.05) is 12.4 Å². The van der Waals surface area contributed by atoms with E-state index in [2.05, 4.69) is 11.9 Å². The molecule has 0 saturated heterocycles. The van der Waals surface area contributed by atoms with Crippen LogP contribution in [-0.4, -0.2) is 12.8 Å². The summed E-state index contributed by atoms with van der Waals surface area (Å²) in [5, 5.41) is 3.04. The van der Waals surface area contributed by atoms with Gasteiger partial charge in [-0.05, 0) is 24.1 Å². The van der Waals surface area contributed by atoms with Gasteiger partial charge in [-0.1, -0.05) is 24.8 Å². The molecule has 1 aliphatic rings. The Morgan fingerprint density at radius 2 is 2.13 bits per heavy atom. The number of benzene rings is 1. The van der Waals surface area contributed by atoms with Gasteiger partial charge < -0.3 is 5.32 Å². The van der Waals surface area contributed by atoms with E-state index in [-0.39, 0.29) is 5.78 Å². The average Bonchev–Trinajstić information content (AvgIpc) is 2.51. The predicted molar refractivity (Wildman–Crippen MR) is 63.1 cm³/mol. The first-order valence-electron chi connectivity index (χ1n) is 4.90. The first-order valence-corrected chi connectivity index (χ1v) is 4.90. The number of hydrogen-bond donors (Lipinski definition) is 1. The maximum absolute atomic E-state index is 12.0. The maximum atomic E-state index is 12.0. The fraction of sp³-hybridized carbons (Fsp3) is 0.154. The second kappa shape index (κ2) is 3.39. The summed E-state index contributed by atoms with van der Waals surface area (Å²) in [6, 6.07) is 5.84. The molecule has 0 aliphatic heterocycles. The lowest BCUT2D eigenvalue weighted by Gasteiger charge is -2.06. The quantitative estimate of drug-likeness (QED) is 0.793. The van der Waals surface area contributed by atoms with Crippen molar-refractivity contribution < 1.29 is 4.79 Å². The number of nitrogens with one attached hydrogen (secondary N) is 1. The molecule has 1 aromatic carbocycles. The number of allylic oxidation sites excluding steroid dienone is 3. The highest BCUT2D eigenvalue weighted by Gasteiger charge is 2.27. The molecule has 0 unspecified atom stereocenters. The van der Waals surface area contributed by atoms with E-state index >= 15 is 0 Å². The molecule has 0 aromatic heterocycles. The predicted octanol–water partition coefficient (Wildman–Crippen LogP) is 2.88. The third-order valence-electron chi connectivity index (χ3n) is 2.82. The Balaban J connectivity index is 2.71. The van der Waals surface area contributed by atoms with Crippen molar-refractivity contribution in [3.8, 4) is 0 Å². The van der Waals surface area contributed by atoms with Crippen molar-refractivity contribution >= 4 is 17.0 Å². The highest BCUT2D eigenvalue weighted by Crippen LogP contribution is 2.36. The van der Waals surface area contributed by atoms with E-state index in [4.69, 9.17) is 0 Å². The molecule has 0 heterocycles. The maximum Gasteiger partial charge on any atom is 0.195 e. The third-order valence-corrected chi connectivity index (χ3v) is 2.82. The number of fused-ring (bicyclic) bond motifs is 1. The topological polar surface area (TPSA) is 29.1 Å². The van der Waals surface area contributed by atoms with E-state index < -0.39 is 0 Å². The Labute approximate surface area is 89.3 Å². The largest absolute Gasteiger partial charge is 0.388 e. The lowest BCUT2D eigenvalue weighted by molar-refractivity contribution is 0.104. The van der Waals surface area contributed by atoms with Gasteiger partial charge in [-0.3, -0.25) is 4.79 Å². The van der Waals surface area contributed by atoms with Crippen molar-refractivity contribution in [2.24, 2.45) is 0 Å². The molecule has 0 radical (unpaired) electrons. The molecule has 0 spiro atoms. The smallest absolute Gasteiger partial charge is 0.195 e. The summed E-state index contributed by atoms with van der Waals surface area (Å²) >= 11 is 0. The lowest BCUT2D eigenvalue weighted by atomic mass is 10.0. The lowest BCUT2D eigenvalue weighted by Crippen LogP contribution is -2.02. The van der Waals surface area contributed by atoms with Crippen molar-refractivity contribution in [2.45, 2.75) is 6.92 Å². The number of rotatable bonds is 2. The van der Waals surface area contributed by atoms with Crippen LogP contribution in [0, 0.1) is 0 Å². The molecule has 0 bridgehead atoms. The van der Waals surface area contributed by atoms with Gasteiger partial charge in [0.25, 0.3) is 0 Å². The summed E-state index contributed by atoms with van der Waals surface area (Å²) in [6.45, 7) is 5.64. The molecular weight excluding hydrogens is 186 g/mol. The first-order chi connectivity index (χ1) is 7.20. The fourth-order valence-corrected chi connectivity index (χ4v) is 2.01. The Morgan fingerprint density at radius 1 is 1.40 bits per heavy atom. The van der Waals surface area contributed by atoms with E-state index in [1.54, 1.807) is 6.08 Å². The van der Waals surface area contributed by atoms with Crippen LogP contribution in [0.5, 0.6) is 0 Å². The molecular formula is C13H13NO. The van der Waals surface area contributed by atoms with Gasteiger partial charge in [0.05, 0.1) is 5.56 Å². The van der Waals surface area contributed by atoms with Crippen LogP contribution in [0.3, 0.4) is 0 Å². The Kier molecular flexibility index (Phi) is 2.19. The minimum atomic E-state index is 0.0717. The molecule has 0 amide bonds. The van der Waals surface area contributed by atoms with Crippen LogP contribution in [0.4, 0.5) is 5.69 Å². The van der Waals surface area contributed by atoms with Crippen molar-refractivity contribution in [1.82, 2.24) is 0 Å². The van der Waals surface area contributed by atoms with Gasteiger partial charge in [0, 0.05) is 18.3 Å². The summed E-state index contributed by atoms with van der Waals surface area (Å²) in [7, 11) is 1.82. The van der Waals surface area contributed by atoms with Gasteiger partial charge in [-0.15, -0.1) is 0 Å². The van der Waals surface area contributed by atoms with E-state index in [0.717, 1.165) is 22.4 Å². The molecule has 2 heteroatoms. The van der Waals surface area contributed by atoms with Crippen LogP contribution < -0.4 is 5.32 Å². The van der Waals surface area contributed by atoms with E-state index in [1.807, 2.05) is 32.2 Å². The second-order valence-electron chi connectivity index (χ2n) is 3.55. The molecule has 2 rings (SSSR count). The van der Waals surface area contributed by atoms with Crippen molar-refractivity contribution in [3.05, 3.63) is 47.6 Å². The van der Waals surface area contributed by atoms with E-state index in [9.17, 15) is 4.79 Å². The number of carbonyl (C=O) groups is 1. The molecule has 0 fully saturated rings. The fourth-order valence-electron chi connectivity index (χ4n) is 2.01. The van der Waals surface area contributed by atoms with Gasteiger partial charge >= 0.3 is 0 Å². The SMILES string of the molecule is C=CC1=C(C)c2cccc(NC)c2C1=O. The van der Waals surface area contributed by atoms with Gasteiger partial charge in [0.1, 0.15) is 0 Å². The Hall–Kier alpha value is -1.83. The second-order valence-corrected chi connectivity index (χ2v) is 3.55. The molecule has 2 nitrogen and oxygen atoms in total. The molecule has 1 N–H and O–H groups in total. The van der Waals surface area contributed by atoms with Crippen molar-refractivity contribution in [1.29, 1.82) is 0 Å². The van der Waals surface area contributed by atoms with E-state index in [0.29, 0.717) is 5.57 Å². The van der Waals surface area contributed by atoms with Gasteiger partial charge in [-0.2, -0.15) is 0 Å². The summed E-state index contributed by atoms with van der Waals surface area (Å²) in [4.78, 5) is 12.0. The minimum Gasteiger partial charge on any atom is -0.388 e. The zero-order valence-electron chi connectivity index (χ0n) is 8.92. The van der Waals surface area contributed by atoms with Crippen LogP contribution in [0.25, 0.3) is 5.57 Å². The number of carbonyl (C=O) groups excluding carboxylic acids is 1. The molecule has 76 valence electrons. The van der Waals surface area contributed by atoms with Crippen molar-refractivity contribution in [3.63, 3.8) is 0 Å². The molecule has 15 heavy (non-hydrogen) atoms. The zero-order valence-corrected chi connectivity index (χ0v) is 8.92. The molecule has 1 aliphatic carbocycles. The van der Waals surface area contributed by atoms with Gasteiger partial charge in [0.2, 0.25) is 0 Å². The third kappa shape index (κ3) is 1.22. The summed E-state index contributed by atoms with van der Waals surface area (Å²) in [6.07, 6.45) is 1.64. The summed E-state index contributed by atoms with van der Waals surface area (Å²) < 4.78 is 0. The number of ketones is 1. The van der Waals surface area contributed by atoms with Crippen LogP contribution in [0.2, 0.25) is 0 Å². The van der Waals surface area contributed by atoms with Gasteiger partial charge in [-0.25, -0.2) is 0 Å². The van der Waals surface area contributed by atoms with Crippen LogP contribution in [-0.2, 0) is 0 Å². The number of hydrogen-bond acceptors (Lipinski definition) is 2. The summed E-state index contributed by atoms with van der Waals surface area (Å²) in [5.74, 6) is 0.0717. The highest BCUT2D eigenvalue weighted by atomic mass is 16.1. The summed E-state index contributed by atoms with van der Waals surface area (Å²) in [5.41, 5.74) is 4.40. The van der Waals surface area contributed by atoms with E-state index in [1.165, 1.54) is 0 Å². The van der Waals surface area contributed by atoms with Crippen LogP contribution in [0.1, 0.15) is 22.8 Å². The van der Waals surface area contributed by atoms with Crippen LogP contribution >= 0.6 is 0 Å². The monoisotopic (exact) mass is 199 g/mol. The molecule has 1 aromatic rings. The average molecular weight is 199 g/mol.